The Bertz CT molecular complexity index is 177. The van der Waals surface area contributed by atoms with Gasteiger partial charge in [-0.2, -0.15) is 10.5 Å². The molecular formula is C4H3BF3KN2. The molecule has 0 aliphatic carbocycles. The summed E-state index contributed by atoms with van der Waals surface area (Å²) in [7, 11) is 0. The monoisotopic (exact) mass is 186 g/mol. The molecule has 0 rings (SSSR count). The Morgan fingerprint density at radius 3 is 1.64 bits per heavy atom. The molecule has 0 aromatic carbocycles. The first-order valence-corrected chi connectivity index (χ1v) is 2.50. The van der Waals surface area contributed by atoms with Crippen molar-refractivity contribution in [2.45, 2.75) is 6.32 Å². The fraction of sp³-hybridized carbons (Fsp3) is 0.500. The maximum Gasteiger partial charge on any atom is 1.00 e. The minimum absolute atomic E-state index is 0. The van der Waals surface area contributed by atoms with Gasteiger partial charge >= 0.3 is 58.4 Å². The summed E-state index contributed by atoms with van der Waals surface area (Å²) in [5, 5.41) is 15.9. The van der Waals surface area contributed by atoms with E-state index in [1.165, 1.54) is 12.1 Å². The summed E-state index contributed by atoms with van der Waals surface area (Å²) in [5.41, 5.74) is 0. The largest absolute Gasteiger partial charge is 1.00 e. The molecule has 0 aliphatic rings. The molecule has 0 saturated heterocycles. The Labute approximate surface area is 105 Å². The van der Waals surface area contributed by atoms with Crippen molar-refractivity contribution in [3.63, 3.8) is 0 Å². The molecule has 0 aromatic heterocycles. The number of hydrogen-bond donors (Lipinski definition) is 0. The van der Waals surface area contributed by atoms with Crippen LogP contribution in [0.1, 0.15) is 0 Å². The van der Waals surface area contributed by atoms with Gasteiger partial charge < -0.3 is 12.9 Å². The average Bonchev–Trinajstić information content (AvgIpc) is 1.81. The normalized spacial score (nSPS) is 9.64. The standard InChI is InChI=1S/C4H3BF3N2.K/c6-5(7,8)1-4(2-9)3-10;/h4H,1H2;/q-1;+1. The van der Waals surface area contributed by atoms with E-state index in [0.717, 1.165) is 0 Å². The number of rotatable bonds is 2. The van der Waals surface area contributed by atoms with Crippen LogP contribution in [-0.2, 0) is 0 Å². The van der Waals surface area contributed by atoms with Crippen LogP contribution in [0, 0.1) is 28.6 Å². The van der Waals surface area contributed by atoms with E-state index in [2.05, 4.69) is 0 Å². The van der Waals surface area contributed by atoms with Crippen LogP contribution in [0.2, 0.25) is 6.32 Å². The molecule has 0 atom stereocenters. The number of nitrogens with zero attached hydrogens (tertiary/aromatic N) is 2. The molecule has 2 nitrogen and oxygen atoms in total. The third-order valence-electron chi connectivity index (χ3n) is 0.815. The summed E-state index contributed by atoms with van der Waals surface area (Å²) in [6.45, 7) is -5.00. The van der Waals surface area contributed by atoms with Crippen molar-refractivity contribution in [2.75, 3.05) is 0 Å². The van der Waals surface area contributed by atoms with Crippen molar-refractivity contribution < 1.29 is 64.3 Å². The van der Waals surface area contributed by atoms with E-state index >= 15 is 0 Å². The fourth-order valence-corrected chi connectivity index (χ4v) is 0.402. The van der Waals surface area contributed by atoms with Crippen LogP contribution in [0.3, 0.4) is 0 Å². The number of halogens is 3. The molecule has 0 N–H and O–H groups in total. The summed E-state index contributed by atoms with van der Waals surface area (Å²) in [6, 6.07) is 2.49. The van der Waals surface area contributed by atoms with E-state index in [-0.39, 0.29) is 51.4 Å². The second kappa shape index (κ2) is 6.04. The molecule has 0 bridgehead atoms. The Morgan fingerprint density at radius 2 is 1.55 bits per heavy atom. The van der Waals surface area contributed by atoms with Gasteiger partial charge in [0.15, 0.2) is 0 Å². The third-order valence-corrected chi connectivity index (χ3v) is 0.815. The van der Waals surface area contributed by atoms with Gasteiger partial charge in [-0.3, -0.25) is 0 Å². The first-order chi connectivity index (χ1) is 4.49. The van der Waals surface area contributed by atoms with E-state index in [0.29, 0.717) is 0 Å². The van der Waals surface area contributed by atoms with Gasteiger partial charge in [0, 0.05) is 0 Å². The van der Waals surface area contributed by atoms with Crippen molar-refractivity contribution in [1.82, 2.24) is 0 Å². The molecular weight excluding hydrogens is 183 g/mol. The van der Waals surface area contributed by atoms with E-state index in [1.807, 2.05) is 0 Å². The van der Waals surface area contributed by atoms with Crippen LogP contribution in [-0.4, -0.2) is 6.98 Å². The van der Waals surface area contributed by atoms with Crippen molar-refractivity contribution in [3.8, 4) is 12.1 Å². The third kappa shape index (κ3) is 8.38. The Morgan fingerprint density at radius 1 is 1.18 bits per heavy atom. The van der Waals surface area contributed by atoms with Gasteiger partial charge in [-0.15, -0.1) is 0 Å². The van der Waals surface area contributed by atoms with Crippen molar-refractivity contribution in [3.05, 3.63) is 0 Å². The van der Waals surface area contributed by atoms with Crippen LogP contribution in [0.15, 0.2) is 0 Å². The van der Waals surface area contributed by atoms with Gasteiger partial charge in [-0.05, 0) is 0 Å². The summed E-state index contributed by atoms with van der Waals surface area (Å²) < 4.78 is 34.3. The van der Waals surface area contributed by atoms with Gasteiger partial charge in [0.1, 0.15) is 5.92 Å². The van der Waals surface area contributed by atoms with Crippen LogP contribution < -0.4 is 51.4 Å². The molecule has 11 heavy (non-hydrogen) atoms. The second-order valence-corrected chi connectivity index (χ2v) is 1.76. The fourth-order valence-electron chi connectivity index (χ4n) is 0.402. The van der Waals surface area contributed by atoms with Crippen molar-refractivity contribution in [2.24, 2.45) is 5.92 Å². The second-order valence-electron chi connectivity index (χ2n) is 1.76. The maximum atomic E-state index is 11.4. The topological polar surface area (TPSA) is 47.6 Å². The van der Waals surface area contributed by atoms with Gasteiger partial charge in [-0.25, -0.2) is 0 Å². The zero-order valence-corrected chi connectivity index (χ0v) is 9.01. The quantitative estimate of drug-likeness (QED) is 0.492. The maximum absolute atomic E-state index is 11.4. The van der Waals surface area contributed by atoms with Crippen LogP contribution in [0.5, 0.6) is 0 Å². The first-order valence-electron chi connectivity index (χ1n) is 2.50. The van der Waals surface area contributed by atoms with Crippen molar-refractivity contribution in [1.29, 1.82) is 10.5 Å². The van der Waals surface area contributed by atoms with Crippen LogP contribution in [0.25, 0.3) is 0 Å². The Balaban J connectivity index is 0. The van der Waals surface area contributed by atoms with E-state index in [9.17, 15) is 12.9 Å². The molecule has 0 unspecified atom stereocenters. The SMILES string of the molecule is N#CC(C#N)C[B-](F)(F)F.[K+]. The van der Waals surface area contributed by atoms with Crippen LogP contribution >= 0.6 is 0 Å². The van der Waals surface area contributed by atoms with Gasteiger partial charge in [-0.1, -0.05) is 6.32 Å². The molecule has 0 aliphatic heterocycles. The molecule has 54 valence electrons. The van der Waals surface area contributed by atoms with Crippen molar-refractivity contribution >= 4 is 6.98 Å². The predicted octanol–water partition coefficient (Wildman–Crippen LogP) is -1.50. The summed E-state index contributed by atoms with van der Waals surface area (Å²) in [4.78, 5) is 0. The summed E-state index contributed by atoms with van der Waals surface area (Å²) in [6.07, 6.45) is -1.28. The predicted molar refractivity (Wildman–Crippen MR) is 28.6 cm³/mol. The zero-order chi connectivity index (χ0) is 8.20. The molecule has 0 radical (unpaired) electrons. The van der Waals surface area contributed by atoms with Gasteiger partial charge in [0.25, 0.3) is 0 Å². The van der Waals surface area contributed by atoms with E-state index in [4.69, 9.17) is 10.5 Å². The molecule has 0 amide bonds. The average molecular weight is 186 g/mol. The molecule has 0 spiro atoms. The first kappa shape index (κ1) is 14.0. The summed E-state index contributed by atoms with van der Waals surface area (Å²) in [5.74, 6) is -1.54. The van der Waals surface area contributed by atoms with E-state index < -0.39 is 19.2 Å². The van der Waals surface area contributed by atoms with Gasteiger partial charge in [0.2, 0.25) is 0 Å². The van der Waals surface area contributed by atoms with Gasteiger partial charge in [0.05, 0.1) is 12.1 Å². The number of nitriles is 2. The number of hydrogen-bond acceptors (Lipinski definition) is 2. The molecule has 0 heterocycles. The smallest absolute Gasteiger partial charge is 0.449 e. The zero-order valence-electron chi connectivity index (χ0n) is 5.89. The molecule has 7 heteroatoms. The van der Waals surface area contributed by atoms with E-state index in [1.54, 1.807) is 0 Å². The minimum atomic E-state index is -5.00. The summed E-state index contributed by atoms with van der Waals surface area (Å²) >= 11 is 0. The minimum Gasteiger partial charge on any atom is -0.449 e. The molecule has 0 aromatic rings. The van der Waals surface area contributed by atoms with Crippen LogP contribution in [0.4, 0.5) is 12.9 Å². The molecule has 0 fully saturated rings. The molecule has 0 saturated carbocycles. The Hall–Kier alpha value is 0.471. The Kier molecular flexibility index (Phi) is 7.70.